The smallest absolute Gasteiger partial charge is 0.290 e. The van der Waals surface area contributed by atoms with Crippen LogP contribution in [0.3, 0.4) is 0 Å². The summed E-state index contributed by atoms with van der Waals surface area (Å²) in [4.78, 5) is 14.5. The van der Waals surface area contributed by atoms with Gasteiger partial charge in [0.2, 0.25) is 0 Å². The van der Waals surface area contributed by atoms with E-state index >= 15 is 0 Å². The molecule has 1 aromatic carbocycles. The summed E-state index contributed by atoms with van der Waals surface area (Å²) < 4.78 is 11.1. The molecule has 0 aliphatic heterocycles. The van der Waals surface area contributed by atoms with E-state index in [-0.39, 0.29) is 5.91 Å². The third-order valence-corrected chi connectivity index (χ3v) is 3.63. The van der Waals surface area contributed by atoms with Crippen molar-refractivity contribution in [1.82, 2.24) is 4.90 Å². The molecule has 0 aliphatic rings. The zero-order valence-corrected chi connectivity index (χ0v) is 12.6. The number of nitrogens with zero attached hydrogens (tertiary/aromatic N) is 1. The van der Waals surface area contributed by atoms with Crippen LogP contribution in [0.2, 0.25) is 0 Å². The number of para-hydroxylation sites is 1. The summed E-state index contributed by atoms with van der Waals surface area (Å²) in [6.07, 6.45) is 3.60. The molecule has 0 N–H and O–H groups in total. The van der Waals surface area contributed by atoms with Crippen molar-refractivity contribution >= 4 is 16.9 Å². The Balaban J connectivity index is 1.83. The van der Waals surface area contributed by atoms with Crippen LogP contribution in [-0.2, 0) is 6.54 Å². The normalized spacial score (nSPS) is 11.0. The van der Waals surface area contributed by atoms with Crippen molar-refractivity contribution in [2.24, 2.45) is 0 Å². The molecule has 114 valence electrons. The molecule has 4 heteroatoms. The second-order valence-electron chi connectivity index (χ2n) is 5.31. The second-order valence-corrected chi connectivity index (χ2v) is 5.31. The fraction of sp³-hybridized carbons (Fsp3) is 0.278. The average molecular weight is 297 g/mol. The van der Waals surface area contributed by atoms with Crippen LogP contribution >= 0.6 is 0 Å². The molecule has 1 amide bonds. The molecule has 0 spiro atoms. The molecule has 0 saturated carbocycles. The van der Waals surface area contributed by atoms with E-state index in [2.05, 4.69) is 6.92 Å². The molecule has 2 heterocycles. The van der Waals surface area contributed by atoms with E-state index in [9.17, 15) is 4.79 Å². The molecule has 0 aliphatic carbocycles. The van der Waals surface area contributed by atoms with Gasteiger partial charge in [0.15, 0.2) is 5.76 Å². The molecule has 0 fully saturated rings. The molecule has 0 saturated heterocycles. The minimum atomic E-state index is -0.0962. The Labute approximate surface area is 129 Å². The lowest BCUT2D eigenvalue weighted by molar-refractivity contribution is 0.0699. The Morgan fingerprint density at radius 2 is 2.05 bits per heavy atom. The molecule has 22 heavy (non-hydrogen) atoms. The van der Waals surface area contributed by atoms with Crippen LogP contribution < -0.4 is 0 Å². The van der Waals surface area contributed by atoms with Gasteiger partial charge in [0.05, 0.1) is 12.8 Å². The van der Waals surface area contributed by atoms with Gasteiger partial charge in [0.25, 0.3) is 5.91 Å². The number of unbranched alkanes of at least 4 members (excludes halogenated alkanes) is 1. The van der Waals surface area contributed by atoms with Gasteiger partial charge >= 0.3 is 0 Å². The number of furan rings is 2. The molecule has 0 atom stereocenters. The Kier molecular flexibility index (Phi) is 4.28. The van der Waals surface area contributed by atoms with Gasteiger partial charge in [-0.2, -0.15) is 0 Å². The summed E-state index contributed by atoms with van der Waals surface area (Å²) in [7, 11) is 0. The molecule has 4 nitrogen and oxygen atoms in total. The van der Waals surface area contributed by atoms with Crippen molar-refractivity contribution in [2.75, 3.05) is 6.54 Å². The molecule has 0 radical (unpaired) electrons. The summed E-state index contributed by atoms with van der Waals surface area (Å²) in [6, 6.07) is 13.2. The van der Waals surface area contributed by atoms with Gasteiger partial charge in [-0.15, -0.1) is 0 Å². The predicted octanol–water partition coefficient (Wildman–Crippen LogP) is 4.47. The molecule has 0 bridgehead atoms. The van der Waals surface area contributed by atoms with Crippen LogP contribution in [0.4, 0.5) is 0 Å². The largest absolute Gasteiger partial charge is 0.467 e. The zero-order valence-electron chi connectivity index (χ0n) is 12.6. The SMILES string of the molecule is CCCCN(Cc1ccco1)C(=O)c1cc2ccccc2o1. The Bertz CT molecular complexity index is 710. The molecular weight excluding hydrogens is 278 g/mol. The van der Waals surface area contributed by atoms with Crippen molar-refractivity contribution in [2.45, 2.75) is 26.3 Å². The fourth-order valence-corrected chi connectivity index (χ4v) is 2.44. The first-order valence-corrected chi connectivity index (χ1v) is 7.58. The number of carbonyl (C=O) groups excluding carboxylic acids is 1. The maximum Gasteiger partial charge on any atom is 0.290 e. The lowest BCUT2D eigenvalue weighted by Crippen LogP contribution is -2.31. The summed E-state index contributed by atoms with van der Waals surface area (Å²) in [5.41, 5.74) is 0.735. The summed E-state index contributed by atoms with van der Waals surface area (Å²) >= 11 is 0. The van der Waals surface area contributed by atoms with Crippen molar-refractivity contribution in [3.63, 3.8) is 0 Å². The van der Waals surface area contributed by atoms with Gasteiger partial charge in [0, 0.05) is 11.9 Å². The highest BCUT2D eigenvalue weighted by Crippen LogP contribution is 2.21. The Hall–Kier alpha value is -2.49. The van der Waals surface area contributed by atoms with Crippen molar-refractivity contribution < 1.29 is 13.6 Å². The Morgan fingerprint density at radius 1 is 1.18 bits per heavy atom. The maximum atomic E-state index is 12.7. The van der Waals surface area contributed by atoms with Crippen molar-refractivity contribution in [3.8, 4) is 0 Å². The van der Waals surface area contributed by atoms with Crippen LogP contribution in [0.25, 0.3) is 11.0 Å². The number of rotatable bonds is 6. The number of fused-ring (bicyclic) bond motifs is 1. The monoisotopic (exact) mass is 297 g/mol. The summed E-state index contributed by atoms with van der Waals surface area (Å²) in [6.45, 7) is 3.26. The minimum Gasteiger partial charge on any atom is -0.467 e. The van der Waals surface area contributed by atoms with Gasteiger partial charge in [-0.05, 0) is 30.7 Å². The lowest BCUT2D eigenvalue weighted by atomic mass is 10.2. The molecular formula is C18H19NO3. The molecule has 3 aromatic rings. The first-order chi connectivity index (χ1) is 10.8. The van der Waals surface area contributed by atoms with Crippen LogP contribution in [0.1, 0.15) is 36.1 Å². The van der Waals surface area contributed by atoms with E-state index in [1.54, 1.807) is 17.2 Å². The highest BCUT2D eigenvalue weighted by molar-refractivity contribution is 5.96. The van der Waals surface area contributed by atoms with Crippen LogP contribution in [0.5, 0.6) is 0 Å². The molecule has 3 rings (SSSR count). The number of carbonyl (C=O) groups is 1. The topological polar surface area (TPSA) is 46.6 Å². The van der Waals surface area contributed by atoms with Crippen LogP contribution in [-0.4, -0.2) is 17.4 Å². The van der Waals surface area contributed by atoms with E-state index in [4.69, 9.17) is 8.83 Å². The van der Waals surface area contributed by atoms with E-state index < -0.39 is 0 Å². The Morgan fingerprint density at radius 3 is 2.77 bits per heavy atom. The third-order valence-electron chi connectivity index (χ3n) is 3.63. The predicted molar refractivity (Wildman–Crippen MR) is 84.6 cm³/mol. The standard InChI is InChI=1S/C18H19NO3/c1-2-3-10-19(13-15-8-6-11-21-15)18(20)17-12-14-7-4-5-9-16(14)22-17/h4-9,11-12H,2-3,10,13H2,1H3. The minimum absolute atomic E-state index is 0.0962. The van der Waals surface area contributed by atoms with E-state index in [1.165, 1.54) is 0 Å². The van der Waals surface area contributed by atoms with E-state index in [0.717, 1.165) is 29.6 Å². The lowest BCUT2D eigenvalue weighted by Gasteiger charge is -2.20. The fourth-order valence-electron chi connectivity index (χ4n) is 2.44. The van der Waals surface area contributed by atoms with Crippen molar-refractivity contribution in [3.05, 3.63) is 60.2 Å². The van der Waals surface area contributed by atoms with Gasteiger partial charge in [-0.25, -0.2) is 0 Å². The average Bonchev–Trinajstić information content (AvgIpc) is 3.19. The van der Waals surface area contributed by atoms with Crippen molar-refractivity contribution in [1.29, 1.82) is 0 Å². The number of hydrogen-bond donors (Lipinski definition) is 0. The number of amides is 1. The highest BCUT2D eigenvalue weighted by atomic mass is 16.3. The van der Waals surface area contributed by atoms with Gasteiger partial charge in [-0.1, -0.05) is 31.5 Å². The van der Waals surface area contributed by atoms with Gasteiger partial charge in [0.1, 0.15) is 11.3 Å². The summed E-state index contributed by atoms with van der Waals surface area (Å²) in [5.74, 6) is 1.06. The first kappa shape index (κ1) is 14.4. The van der Waals surface area contributed by atoms with E-state index in [0.29, 0.717) is 18.8 Å². The highest BCUT2D eigenvalue weighted by Gasteiger charge is 2.20. The zero-order chi connectivity index (χ0) is 15.4. The maximum absolute atomic E-state index is 12.7. The number of hydrogen-bond acceptors (Lipinski definition) is 3. The van der Waals surface area contributed by atoms with Gasteiger partial charge < -0.3 is 13.7 Å². The molecule has 2 aromatic heterocycles. The van der Waals surface area contributed by atoms with Crippen LogP contribution in [0, 0.1) is 0 Å². The third kappa shape index (κ3) is 3.06. The number of benzene rings is 1. The first-order valence-electron chi connectivity index (χ1n) is 7.58. The summed E-state index contributed by atoms with van der Waals surface area (Å²) in [5, 5.41) is 0.944. The quantitative estimate of drug-likeness (QED) is 0.674. The van der Waals surface area contributed by atoms with E-state index in [1.807, 2.05) is 36.4 Å². The second kappa shape index (κ2) is 6.52. The van der Waals surface area contributed by atoms with Gasteiger partial charge in [-0.3, -0.25) is 4.79 Å². The van der Waals surface area contributed by atoms with Crippen LogP contribution in [0.15, 0.2) is 57.6 Å². The molecule has 0 unspecified atom stereocenters.